The summed E-state index contributed by atoms with van der Waals surface area (Å²) in [6.45, 7) is 8.08. The van der Waals surface area contributed by atoms with Crippen molar-refractivity contribution in [1.29, 1.82) is 0 Å². The SMILES string of the molecule is Cc1cccc(S(=O)(=O)N2CCN(c3ccc(-c4ccc(C)cc4C)nn3)CC2)c1. The summed E-state index contributed by atoms with van der Waals surface area (Å²) in [5.41, 5.74) is 5.26. The van der Waals surface area contributed by atoms with E-state index in [0.717, 1.165) is 22.6 Å². The predicted octanol–water partition coefficient (Wildman–Crippen LogP) is 3.58. The van der Waals surface area contributed by atoms with Gasteiger partial charge in [-0.25, -0.2) is 8.42 Å². The Labute approximate surface area is 178 Å². The Morgan fingerprint density at radius 3 is 2.17 bits per heavy atom. The molecular weight excluding hydrogens is 396 g/mol. The van der Waals surface area contributed by atoms with E-state index in [1.165, 1.54) is 11.1 Å². The lowest BCUT2D eigenvalue weighted by molar-refractivity contribution is 0.383. The van der Waals surface area contributed by atoms with Crippen LogP contribution in [-0.4, -0.2) is 49.1 Å². The van der Waals surface area contributed by atoms with Crippen molar-refractivity contribution < 1.29 is 8.42 Å². The molecule has 0 amide bonds. The number of aryl methyl sites for hydroxylation is 3. The molecule has 1 aromatic heterocycles. The van der Waals surface area contributed by atoms with E-state index in [9.17, 15) is 8.42 Å². The van der Waals surface area contributed by atoms with Gasteiger partial charge in [-0.05, 0) is 56.2 Å². The molecule has 6 nitrogen and oxygen atoms in total. The van der Waals surface area contributed by atoms with Crippen LogP contribution in [-0.2, 0) is 10.0 Å². The van der Waals surface area contributed by atoms with E-state index >= 15 is 0 Å². The topological polar surface area (TPSA) is 66.4 Å². The molecule has 1 fully saturated rings. The molecule has 0 bridgehead atoms. The lowest BCUT2D eigenvalue weighted by atomic mass is 10.0. The van der Waals surface area contributed by atoms with Crippen molar-refractivity contribution >= 4 is 15.8 Å². The highest BCUT2D eigenvalue weighted by atomic mass is 32.2. The molecule has 2 aromatic carbocycles. The third-order valence-corrected chi connectivity index (χ3v) is 7.39. The zero-order chi connectivity index (χ0) is 21.3. The van der Waals surface area contributed by atoms with E-state index in [-0.39, 0.29) is 0 Å². The second-order valence-electron chi connectivity index (χ2n) is 7.80. The molecule has 0 N–H and O–H groups in total. The number of piperazine rings is 1. The molecule has 0 spiro atoms. The highest BCUT2D eigenvalue weighted by Gasteiger charge is 2.29. The number of nitrogens with zero attached hydrogens (tertiary/aromatic N) is 4. The molecular formula is C23H26N4O2S. The van der Waals surface area contributed by atoms with Crippen LogP contribution in [0.3, 0.4) is 0 Å². The van der Waals surface area contributed by atoms with E-state index in [4.69, 9.17) is 0 Å². The first-order chi connectivity index (χ1) is 14.3. The minimum atomic E-state index is -3.47. The van der Waals surface area contributed by atoms with Crippen LogP contribution in [0.5, 0.6) is 0 Å². The van der Waals surface area contributed by atoms with Gasteiger partial charge in [0.25, 0.3) is 0 Å². The van der Waals surface area contributed by atoms with Gasteiger partial charge in [-0.2, -0.15) is 4.31 Å². The maximum absolute atomic E-state index is 12.9. The van der Waals surface area contributed by atoms with Crippen LogP contribution in [0, 0.1) is 20.8 Å². The number of hydrogen-bond acceptors (Lipinski definition) is 5. The van der Waals surface area contributed by atoms with Crippen molar-refractivity contribution in [3.8, 4) is 11.3 Å². The Balaban J connectivity index is 1.45. The van der Waals surface area contributed by atoms with Gasteiger partial charge >= 0.3 is 0 Å². The van der Waals surface area contributed by atoms with Crippen LogP contribution < -0.4 is 4.90 Å². The Kier molecular flexibility index (Phi) is 5.58. The van der Waals surface area contributed by atoms with Gasteiger partial charge in [-0.1, -0.05) is 35.9 Å². The number of rotatable bonds is 4. The highest BCUT2D eigenvalue weighted by Crippen LogP contribution is 2.24. The predicted molar refractivity (Wildman–Crippen MR) is 119 cm³/mol. The van der Waals surface area contributed by atoms with Crippen molar-refractivity contribution in [3.63, 3.8) is 0 Å². The largest absolute Gasteiger partial charge is 0.352 e. The van der Waals surface area contributed by atoms with Gasteiger partial charge in [0.05, 0.1) is 10.6 Å². The van der Waals surface area contributed by atoms with Crippen molar-refractivity contribution in [3.05, 3.63) is 71.3 Å². The summed E-state index contributed by atoms with van der Waals surface area (Å²) in [4.78, 5) is 2.44. The van der Waals surface area contributed by atoms with Gasteiger partial charge in [-0.15, -0.1) is 10.2 Å². The maximum atomic E-state index is 12.9. The molecule has 0 atom stereocenters. The van der Waals surface area contributed by atoms with Crippen molar-refractivity contribution in [2.75, 3.05) is 31.1 Å². The molecule has 1 aliphatic rings. The summed E-state index contributed by atoms with van der Waals surface area (Å²) in [5, 5.41) is 8.82. The van der Waals surface area contributed by atoms with Gasteiger partial charge in [0.2, 0.25) is 10.0 Å². The molecule has 3 aromatic rings. The fourth-order valence-corrected chi connectivity index (χ4v) is 5.35. The maximum Gasteiger partial charge on any atom is 0.243 e. The van der Waals surface area contributed by atoms with E-state index in [0.29, 0.717) is 31.1 Å². The fraction of sp³-hybridized carbons (Fsp3) is 0.304. The van der Waals surface area contributed by atoms with Gasteiger partial charge in [0.15, 0.2) is 5.82 Å². The summed E-state index contributed by atoms with van der Waals surface area (Å²) in [6, 6.07) is 17.3. The first-order valence-corrected chi connectivity index (χ1v) is 11.5. The minimum Gasteiger partial charge on any atom is -0.352 e. The van der Waals surface area contributed by atoms with Crippen LogP contribution in [0.25, 0.3) is 11.3 Å². The van der Waals surface area contributed by atoms with Gasteiger partial charge in [0.1, 0.15) is 0 Å². The number of sulfonamides is 1. The summed E-state index contributed by atoms with van der Waals surface area (Å²) < 4.78 is 27.4. The number of benzene rings is 2. The molecule has 1 aliphatic heterocycles. The molecule has 7 heteroatoms. The molecule has 0 aliphatic carbocycles. The standard InChI is InChI=1S/C23H26N4O2S/c1-17-5-4-6-20(16-17)30(28,29)27-13-11-26(12-14-27)23-10-9-22(24-25-23)21-8-7-18(2)15-19(21)3/h4-10,15-16H,11-14H2,1-3H3. The molecule has 4 rings (SSSR count). The number of aromatic nitrogens is 2. The van der Waals surface area contributed by atoms with Crippen LogP contribution in [0.4, 0.5) is 5.82 Å². The molecule has 156 valence electrons. The Hall–Kier alpha value is -2.77. The van der Waals surface area contributed by atoms with Crippen molar-refractivity contribution in [1.82, 2.24) is 14.5 Å². The fourth-order valence-electron chi connectivity index (χ4n) is 3.82. The quantitative estimate of drug-likeness (QED) is 0.643. The van der Waals surface area contributed by atoms with E-state index in [2.05, 4.69) is 47.1 Å². The minimum absolute atomic E-state index is 0.355. The first-order valence-electron chi connectivity index (χ1n) is 10.1. The van der Waals surface area contributed by atoms with E-state index in [1.54, 1.807) is 22.5 Å². The molecule has 0 radical (unpaired) electrons. The zero-order valence-corrected chi connectivity index (χ0v) is 18.4. The van der Waals surface area contributed by atoms with Gasteiger partial charge in [-0.3, -0.25) is 0 Å². The summed E-state index contributed by atoms with van der Waals surface area (Å²) >= 11 is 0. The van der Waals surface area contributed by atoms with Crippen LogP contribution in [0.1, 0.15) is 16.7 Å². The lowest BCUT2D eigenvalue weighted by Gasteiger charge is -2.34. The molecule has 0 saturated carbocycles. The second kappa shape index (κ2) is 8.16. The number of anilines is 1. The van der Waals surface area contributed by atoms with Crippen molar-refractivity contribution in [2.24, 2.45) is 0 Å². The molecule has 2 heterocycles. The number of hydrogen-bond donors (Lipinski definition) is 0. The van der Waals surface area contributed by atoms with Crippen LogP contribution in [0.15, 0.2) is 59.5 Å². The smallest absolute Gasteiger partial charge is 0.243 e. The second-order valence-corrected chi connectivity index (χ2v) is 9.74. The Bertz CT molecular complexity index is 1150. The first kappa shape index (κ1) is 20.5. The third-order valence-electron chi connectivity index (χ3n) is 5.50. The summed E-state index contributed by atoms with van der Waals surface area (Å²) in [5.74, 6) is 0.774. The van der Waals surface area contributed by atoms with E-state index < -0.39 is 10.0 Å². The summed E-state index contributed by atoms with van der Waals surface area (Å²) in [7, 11) is -3.47. The lowest BCUT2D eigenvalue weighted by Crippen LogP contribution is -2.49. The van der Waals surface area contributed by atoms with Crippen LogP contribution in [0.2, 0.25) is 0 Å². The van der Waals surface area contributed by atoms with E-state index in [1.807, 2.05) is 25.1 Å². The third kappa shape index (κ3) is 4.08. The van der Waals surface area contributed by atoms with Gasteiger partial charge < -0.3 is 4.90 Å². The Morgan fingerprint density at radius 2 is 1.53 bits per heavy atom. The summed E-state index contributed by atoms with van der Waals surface area (Å²) in [6.07, 6.45) is 0. The average Bonchev–Trinajstić information content (AvgIpc) is 2.74. The van der Waals surface area contributed by atoms with Crippen molar-refractivity contribution in [2.45, 2.75) is 25.7 Å². The van der Waals surface area contributed by atoms with Crippen LogP contribution >= 0.6 is 0 Å². The molecule has 1 saturated heterocycles. The highest BCUT2D eigenvalue weighted by molar-refractivity contribution is 7.89. The monoisotopic (exact) mass is 422 g/mol. The average molecular weight is 423 g/mol. The molecule has 0 unspecified atom stereocenters. The molecule has 30 heavy (non-hydrogen) atoms. The zero-order valence-electron chi connectivity index (χ0n) is 17.5. The Morgan fingerprint density at radius 1 is 0.800 bits per heavy atom. The van der Waals surface area contributed by atoms with Gasteiger partial charge in [0, 0.05) is 31.7 Å². The normalized spacial score (nSPS) is 15.4.